The summed E-state index contributed by atoms with van der Waals surface area (Å²) in [5.41, 5.74) is 1.11. The molecule has 2 heterocycles. The molecule has 1 aromatic carbocycles. The maximum Gasteiger partial charge on any atom is 0.221 e. The van der Waals surface area contributed by atoms with E-state index in [1.807, 2.05) is 30.0 Å². The van der Waals surface area contributed by atoms with Gasteiger partial charge in [-0.2, -0.15) is 11.8 Å². The topological polar surface area (TPSA) is 62.8 Å². The lowest BCUT2D eigenvalue weighted by Crippen LogP contribution is -2.42. The van der Waals surface area contributed by atoms with Gasteiger partial charge in [0.1, 0.15) is 11.5 Å². The van der Waals surface area contributed by atoms with Gasteiger partial charge in [0.2, 0.25) is 5.91 Å². The molecule has 2 aliphatic rings. The molecule has 2 unspecified atom stereocenters. The second kappa shape index (κ2) is 9.37. The number of carbonyl (C=O) groups is 1. The van der Waals surface area contributed by atoms with Gasteiger partial charge in [-0.3, -0.25) is 4.79 Å². The highest BCUT2D eigenvalue weighted by atomic mass is 32.2. The van der Waals surface area contributed by atoms with Crippen LogP contribution in [0.2, 0.25) is 0 Å². The van der Waals surface area contributed by atoms with Gasteiger partial charge in [0.05, 0.1) is 14.2 Å². The normalized spacial score (nSPS) is 22.9. The third-order valence-electron chi connectivity index (χ3n) is 5.01. The molecule has 2 aliphatic heterocycles. The number of amides is 1. The maximum atomic E-state index is 12.2. The number of methoxy groups -OCH3 is 2. The molecule has 0 bridgehead atoms. The number of nitrogens with one attached hydrogen (secondary N) is 2. The van der Waals surface area contributed by atoms with Crippen LogP contribution >= 0.6 is 11.8 Å². The number of anilines is 1. The summed E-state index contributed by atoms with van der Waals surface area (Å²) in [6.07, 6.45) is 1.66. The Labute approximate surface area is 160 Å². The molecule has 3 rings (SSSR count). The highest BCUT2D eigenvalue weighted by molar-refractivity contribution is 7.99. The van der Waals surface area contributed by atoms with Crippen molar-refractivity contribution < 1.29 is 14.3 Å². The van der Waals surface area contributed by atoms with Gasteiger partial charge in [-0.05, 0) is 12.3 Å². The Morgan fingerprint density at radius 1 is 1.31 bits per heavy atom. The number of nitrogens with zero attached hydrogens (tertiary/aromatic N) is 1. The maximum absolute atomic E-state index is 12.2. The van der Waals surface area contributed by atoms with Crippen LogP contribution in [0.1, 0.15) is 12.8 Å². The van der Waals surface area contributed by atoms with Crippen molar-refractivity contribution in [2.45, 2.75) is 18.9 Å². The van der Waals surface area contributed by atoms with E-state index < -0.39 is 0 Å². The standard InChI is InChI=1S/C19H29N3O3S/c1-24-17-8-16(9-18(10-17)25-2)22-5-3-14(12-22)11-21-19(23)7-15-13-26-6-4-20-15/h8-10,14-15,20H,3-7,11-13H2,1-2H3,(H,21,23). The van der Waals surface area contributed by atoms with E-state index in [2.05, 4.69) is 15.5 Å². The van der Waals surface area contributed by atoms with Crippen molar-refractivity contribution in [3.05, 3.63) is 18.2 Å². The molecule has 0 aliphatic carbocycles. The van der Waals surface area contributed by atoms with Crippen LogP contribution in [0, 0.1) is 5.92 Å². The van der Waals surface area contributed by atoms with E-state index in [9.17, 15) is 4.79 Å². The van der Waals surface area contributed by atoms with Crippen LogP contribution in [0.3, 0.4) is 0 Å². The lowest BCUT2D eigenvalue weighted by Gasteiger charge is -2.23. The SMILES string of the molecule is COc1cc(OC)cc(N2CCC(CNC(=O)CC3CSCCN3)C2)c1. The first-order valence-corrected chi connectivity index (χ1v) is 10.4. The first kappa shape index (κ1) is 19.2. The summed E-state index contributed by atoms with van der Waals surface area (Å²) in [7, 11) is 3.33. The summed E-state index contributed by atoms with van der Waals surface area (Å²) >= 11 is 1.92. The fourth-order valence-electron chi connectivity index (χ4n) is 3.51. The van der Waals surface area contributed by atoms with Crippen LogP contribution in [-0.2, 0) is 4.79 Å². The number of hydrogen-bond acceptors (Lipinski definition) is 6. The first-order valence-electron chi connectivity index (χ1n) is 9.23. The third kappa shape index (κ3) is 5.20. The largest absolute Gasteiger partial charge is 0.497 e. The molecule has 2 fully saturated rings. The molecule has 0 radical (unpaired) electrons. The number of hydrogen-bond donors (Lipinski definition) is 2. The molecule has 1 amide bonds. The number of ether oxygens (including phenoxy) is 2. The van der Waals surface area contributed by atoms with Gasteiger partial charge >= 0.3 is 0 Å². The molecule has 2 N–H and O–H groups in total. The van der Waals surface area contributed by atoms with E-state index in [0.29, 0.717) is 18.4 Å². The van der Waals surface area contributed by atoms with Gasteiger partial charge in [0, 0.05) is 74.0 Å². The average molecular weight is 380 g/mol. The Balaban J connectivity index is 1.47. The van der Waals surface area contributed by atoms with Crippen molar-refractivity contribution in [1.29, 1.82) is 0 Å². The second-order valence-electron chi connectivity index (χ2n) is 6.91. The number of carbonyl (C=O) groups excluding carboxylic acids is 1. The van der Waals surface area contributed by atoms with Gasteiger partial charge in [-0.1, -0.05) is 0 Å². The fourth-order valence-corrected chi connectivity index (χ4v) is 4.46. The zero-order valence-corrected chi connectivity index (χ0v) is 16.4. The van der Waals surface area contributed by atoms with Crippen molar-refractivity contribution >= 4 is 23.4 Å². The van der Waals surface area contributed by atoms with E-state index in [0.717, 1.165) is 61.3 Å². The predicted molar refractivity (Wildman–Crippen MR) is 107 cm³/mol. The van der Waals surface area contributed by atoms with Crippen LogP contribution in [-0.4, -0.2) is 63.9 Å². The summed E-state index contributed by atoms with van der Waals surface area (Å²) in [5.74, 6) is 4.41. The fraction of sp³-hybridized carbons (Fsp3) is 0.632. The van der Waals surface area contributed by atoms with Crippen molar-refractivity contribution in [3.8, 4) is 11.5 Å². The highest BCUT2D eigenvalue weighted by Crippen LogP contribution is 2.31. The van der Waals surface area contributed by atoms with E-state index in [-0.39, 0.29) is 5.91 Å². The minimum Gasteiger partial charge on any atom is -0.497 e. The Kier molecular flexibility index (Phi) is 6.91. The van der Waals surface area contributed by atoms with Crippen LogP contribution in [0.15, 0.2) is 18.2 Å². The lowest BCUT2D eigenvalue weighted by atomic mass is 10.1. The van der Waals surface area contributed by atoms with E-state index in [1.165, 1.54) is 0 Å². The van der Waals surface area contributed by atoms with Crippen molar-refractivity contribution in [2.75, 3.05) is 56.8 Å². The van der Waals surface area contributed by atoms with E-state index >= 15 is 0 Å². The van der Waals surface area contributed by atoms with Crippen molar-refractivity contribution in [1.82, 2.24) is 10.6 Å². The molecule has 0 spiro atoms. The van der Waals surface area contributed by atoms with Crippen LogP contribution in [0.25, 0.3) is 0 Å². The Hall–Kier alpha value is -1.60. The van der Waals surface area contributed by atoms with E-state index in [4.69, 9.17) is 9.47 Å². The van der Waals surface area contributed by atoms with Crippen molar-refractivity contribution in [3.63, 3.8) is 0 Å². The summed E-state index contributed by atoms with van der Waals surface area (Å²) < 4.78 is 10.7. The molecule has 6 nitrogen and oxygen atoms in total. The molecule has 0 aromatic heterocycles. The monoisotopic (exact) mass is 379 g/mol. The zero-order chi connectivity index (χ0) is 18.4. The second-order valence-corrected chi connectivity index (χ2v) is 8.06. The Bertz CT molecular complexity index is 585. The van der Waals surface area contributed by atoms with Gasteiger partial charge in [-0.25, -0.2) is 0 Å². The third-order valence-corrected chi connectivity index (χ3v) is 6.14. The highest BCUT2D eigenvalue weighted by Gasteiger charge is 2.24. The summed E-state index contributed by atoms with van der Waals surface area (Å²) in [4.78, 5) is 14.5. The van der Waals surface area contributed by atoms with Gasteiger partial charge in [0.25, 0.3) is 0 Å². The molecule has 1 aromatic rings. The number of thioether (sulfide) groups is 1. The van der Waals surface area contributed by atoms with Crippen LogP contribution in [0.4, 0.5) is 5.69 Å². The minimum atomic E-state index is 0.159. The minimum absolute atomic E-state index is 0.159. The predicted octanol–water partition coefficient (Wildman–Crippen LogP) is 1.74. The Morgan fingerprint density at radius 3 is 2.73 bits per heavy atom. The molecule has 2 saturated heterocycles. The number of rotatable bonds is 7. The van der Waals surface area contributed by atoms with Gasteiger partial charge in [-0.15, -0.1) is 0 Å². The molecule has 2 atom stereocenters. The summed E-state index contributed by atoms with van der Waals surface area (Å²) in [6, 6.07) is 6.28. The van der Waals surface area contributed by atoms with Crippen LogP contribution < -0.4 is 25.0 Å². The van der Waals surface area contributed by atoms with Gasteiger partial charge in [0.15, 0.2) is 0 Å². The Morgan fingerprint density at radius 2 is 2.08 bits per heavy atom. The van der Waals surface area contributed by atoms with E-state index in [1.54, 1.807) is 14.2 Å². The molecule has 144 valence electrons. The van der Waals surface area contributed by atoms with Crippen molar-refractivity contribution in [2.24, 2.45) is 5.92 Å². The molecular formula is C19H29N3O3S. The lowest BCUT2D eigenvalue weighted by molar-refractivity contribution is -0.121. The summed E-state index contributed by atoms with van der Waals surface area (Å²) in [5, 5.41) is 6.54. The smallest absolute Gasteiger partial charge is 0.221 e. The quantitative estimate of drug-likeness (QED) is 0.753. The molecule has 26 heavy (non-hydrogen) atoms. The summed E-state index contributed by atoms with van der Waals surface area (Å²) in [6.45, 7) is 3.67. The first-order chi connectivity index (χ1) is 12.7. The van der Waals surface area contributed by atoms with Gasteiger partial charge < -0.3 is 25.0 Å². The zero-order valence-electron chi connectivity index (χ0n) is 15.6. The molecule has 7 heteroatoms. The molecular weight excluding hydrogens is 350 g/mol. The average Bonchev–Trinajstić information content (AvgIpc) is 3.16. The van der Waals surface area contributed by atoms with Crippen LogP contribution in [0.5, 0.6) is 11.5 Å². The molecule has 0 saturated carbocycles. The number of benzene rings is 1.